The van der Waals surface area contributed by atoms with E-state index in [9.17, 15) is 13.2 Å². The van der Waals surface area contributed by atoms with Crippen molar-refractivity contribution in [1.82, 2.24) is 4.98 Å². The van der Waals surface area contributed by atoms with Gasteiger partial charge in [0.15, 0.2) is 0 Å². The molecule has 2 aromatic heterocycles. The van der Waals surface area contributed by atoms with Crippen molar-refractivity contribution >= 4 is 21.4 Å². The fourth-order valence-electron chi connectivity index (χ4n) is 5.14. The van der Waals surface area contributed by atoms with Gasteiger partial charge < -0.3 is 0 Å². The summed E-state index contributed by atoms with van der Waals surface area (Å²) < 4.78 is 66.5. The van der Waals surface area contributed by atoms with Gasteiger partial charge in [-0.3, -0.25) is 4.98 Å². The van der Waals surface area contributed by atoms with E-state index in [0.29, 0.717) is 28.4 Å². The van der Waals surface area contributed by atoms with Crippen molar-refractivity contribution in [2.45, 2.75) is 60.1 Å². The summed E-state index contributed by atoms with van der Waals surface area (Å²) in [6.45, 7) is 10.3. The predicted molar refractivity (Wildman–Crippen MR) is 163 cm³/mol. The fraction of sp³-hybridized carbons (Fsp3) is 0.286. The van der Waals surface area contributed by atoms with E-state index in [1.54, 1.807) is 36.5 Å². The number of pyridine rings is 1. The van der Waals surface area contributed by atoms with Crippen LogP contribution in [0.25, 0.3) is 42.9 Å². The molecule has 5 rings (SSSR count). The molecule has 0 saturated heterocycles. The van der Waals surface area contributed by atoms with Crippen LogP contribution in [0.4, 0.5) is 13.2 Å². The van der Waals surface area contributed by atoms with Gasteiger partial charge in [-0.05, 0) is 72.2 Å². The fourth-order valence-corrected chi connectivity index (χ4v) is 6.59. The summed E-state index contributed by atoms with van der Waals surface area (Å²) >= 11 is 1.60. The van der Waals surface area contributed by atoms with Gasteiger partial charge in [-0.15, -0.1) is 11.3 Å². The smallest absolute Gasteiger partial charge is 0.255 e. The van der Waals surface area contributed by atoms with Crippen LogP contribution in [0.5, 0.6) is 0 Å². The first-order chi connectivity index (χ1) is 20.1. The van der Waals surface area contributed by atoms with E-state index >= 15 is 0 Å². The Morgan fingerprint density at radius 2 is 1.43 bits per heavy atom. The number of rotatable bonds is 6. The van der Waals surface area contributed by atoms with Crippen molar-refractivity contribution in [3.8, 4) is 32.8 Å². The molecule has 1 nitrogen and oxygen atoms in total. The van der Waals surface area contributed by atoms with Crippen molar-refractivity contribution in [3.05, 3.63) is 101 Å². The van der Waals surface area contributed by atoms with Crippen LogP contribution in [0, 0.1) is 19.3 Å². The SMILES string of the molecule is [2H]c1cc2c(C(C)C)c(-c3ccc(-c4ccc(CC(C)(C)C(F)(F)F)cc4)cc3)sc2c(-c2cc(C)c([2H])c(C)c2[2H])n1. The molecule has 0 aliphatic rings. The van der Waals surface area contributed by atoms with E-state index in [-0.39, 0.29) is 24.6 Å². The summed E-state index contributed by atoms with van der Waals surface area (Å²) in [6.07, 6.45) is -4.21. The molecule has 0 unspecified atom stereocenters. The zero-order chi connectivity index (χ0) is 31.4. The van der Waals surface area contributed by atoms with Gasteiger partial charge in [0.1, 0.15) is 0 Å². The highest BCUT2D eigenvalue weighted by Gasteiger charge is 2.46. The van der Waals surface area contributed by atoms with Crippen molar-refractivity contribution < 1.29 is 17.3 Å². The average Bonchev–Trinajstić information content (AvgIpc) is 3.33. The van der Waals surface area contributed by atoms with Gasteiger partial charge >= 0.3 is 6.18 Å². The van der Waals surface area contributed by atoms with Crippen molar-refractivity contribution in [2.75, 3.05) is 0 Å². The molecule has 0 N–H and O–H groups in total. The van der Waals surface area contributed by atoms with Crippen LogP contribution in [0.3, 0.4) is 0 Å². The number of alkyl halides is 3. The lowest BCUT2D eigenvalue weighted by Crippen LogP contribution is -2.34. The van der Waals surface area contributed by atoms with Crippen molar-refractivity contribution in [3.63, 3.8) is 0 Å². The molecule has 0 amide bonds. The molecule has 0 radical (unpaired) electrons. The van der Waals surface area contributed by atoms with Crippen LogP contribution < -0.4 is 0 Å². The molecule has 0 atom stereocenters. The number of fused-ring (bicyclic) bond motifs is 1. The zero-order valence-electron chi connectivity index (χ0n) is 26.5. The molecule has 3 aromatic carbocycles. The molecular weight excluding hydrogens is 523 g/mol. The Morgan fingerprint density at radius 3 is 2.02 bits per heavy atom. The van der Waals surface area contributed by atoms with Crippen LogP contribution in [0.1, 0.15) is 60.0 Å². The molecule has 2 heterocycles. The van der Waals surface area contributed by atoms with Crippen LogP contribution >= 0.6 is 11.3 Å². The van der Waals surface area contributed by atoms with Gasteiger partial charge in [0, 0.05) is 22.0 Å². The van der Waals surface area contributed by atoms with E-state index in [0.717, 1.165) is 42.8 Å². The van der Waals surface area contributed by atoms with Gasteiger partial charge in [-0.25, -0.2) is 0 Å². The lowest BCUT2D eigenvalue weighted by Gasteiger charge is -2.27. The Labute approximate surface area is 243 Å². The van der Waals surface area contributed by atoms with Gasteiger partial charge in [0.05, 0.1) is 19.9 Å². The van der Waals surface area contributed by atoms with Crippen LogP contribution in [-0.2, 0) is 6.42 Å². The monoisotopic (exact) mass is 560 g/mol. The standard InChI is InChI=1S/C35H34F3NS/c1-21(2)30-29-15-16-39-31(28-18-22(3)17-23(4)19-28)33(29)40-32(30)27-13-11-26(12-14-27)25-9-7-24(8-10-25)20-34(5,6)35(36,37)38/h7-19,21H,20H2,1-6H3/i16D,17D,18D. The third kappa shape index (κ3) is 5.44. The minimum absolute atomic E-state index is 0.0788. The first kappa shape index (κ1) is 24.4. The Hall–Kier alpha value is -3.44. The lowest BCUT2D eigenvalue weighted by atomic mass is 9.84. The number of halogens is 3. The summed E-state index contributed by atoms with van der Waals surface area (Å²) in [7, 11) is 0. The Bertz CT molecular complexity index is 1820. The highest BCUT2D eigenvalue weighted by Crippen LogP contribution is 2.46. The largest absolute Gasteiger partial charge is 0.394 e. The number of nitrogens with zero attached hydrogens (tertiary/aromatic N) is 1. The zero-order valence-corrected chi connectivity index (χ0v) is 24.4. The van der Waals surface area contributed by atoms with Gasteiger partial charge in [0.2, 0.25) is 0 Å². The number of hydrogen-bond donors (Lipinski definition) is 0. The topological polar surface area (TPSA) is 12.9 Å². The number of aryl methyl sites for hydroxylation is 1. The molecule has 0 aliphatic heterocycles. The summed E-state index contributed by atoms with van der Waals surface area (Å²) in [4.78, 5) is 5.66. The molecular formula is C35H34F3NS. The molecule has 0 fully saturated rings. The molecule has 0 aliphatic carbocycles. The van der Waals surface area contributed by atoms with Crippen molar-refractivity contribution in [1.29, 1.82) is 0 Å². The van der Waals surface area contributed by atoms with E-state index in [1.165, 1.54) is 13.8 Å². The highest BCUT2D eigenvalue weighted by molar-refractivity contribution is 7.23. The highest BCUT2D eigenvalue weighted by atomic mass is 32.1. The maximum absolute atomic E-state index is 13.4. The van der Waals surface area contributed by atoms with Gasteiger partial charge in [-0.2, -0.15) is 13.2 Å². The summed E-state index contributed by atoms with van der Waals surface area (Å²) in [5, 5.41) is 0.955. The normalized spacial score (nSPS) is 13.5. The predicted octanol–water partition coefficient (Wildman–Crippen LogP) is 11.2. The average molecular weight is 561 g/mol. The molecule has 206 valence electrons. The second-order valence-corrected chi connectivity index (χ2v) is 12.4. The maximum Gasteiger partial charge on any atom is 0.394 e. The number of hydrogen-bond acceptors (Lipinski definition) is 2. The second kappa shape index (κ2) is 10.5. The molecule has 0 bridgehead atoms. The molecule has 0 saturated carbocycles. The Kier molecular flexibility index (Phi) is 6.40. The quantitative estimate of drug-likeness (QED) is 0.201. The van der Waals surface area contributed by atoms with E-state index in [2.05, 4.69) is 31.0 Å². The summed E-state index contributed by atoms with van der Waals surface area (Å²) in [5.74, 6) is 0.168. The minimum Gasteiger partial charge on any atom is -0.255 e. The molecule has 5 aromatic rings. The van der Waals surface area contributed by atoms with Crippen LogP contribution in [0.2, 0.25) is 0 Å². The van der Waals surface area contributed by atoms with E-state index in [1.807, 2.05) is 37.3 Å². The second-order valence-electron chi connectivity index (χ2n) is 11.4. The van der Waals surface area contributed by atoms with E-state index in [4.69, 9.17) is 4.11 Å². The molecule has 40 heavy (non-hydrogen) atoms. The molecule has 5 heteroatoms. The van der Waals surface area contributed by atoms with Crippen LogP contribution in [0.15, 0.2) is 78.9 Å². The first-order valence-electron chi connectivity index (χ1n) is 14.9. The first-order valence-corrected chi connectivity index (χ1v) is 14.2. The minimum atomic E-state index is -4.27. The van der Waals surface area contributed by atoms with Crippen molar-refractivity contribution in [2.24, 2.45) is 5.41 Å². The number of benzene rings is 3. The maximum atomic E-state index is 13.4. The Balaban J connectivity index is 1.55. The molecule has 0 spiro atoms. The van der Waals surface area contributed by atoms with Crippen LogP contribution in [-0.4, -0.2) is 11.2 Å². The summed E-state index contributed by atoms with van der Waals surface area (Å²) in [6, 6.07) is 19.7. The van der Waals surface area contributed by atoms with Gasteiger partial charge in [0.25, 0.3) is 0 Å². The summed E-state index contributed by atoms with van der Waals surface area (Å²) in [5.41, 5.74) is 5.48. The Morgan fingerprint density at radius 1 is 0.825 bits per heavy atom. The van der Waals surface area contributed by atoms with E-state index < -0.39 is 11.6 Å². The third-order valence-corrected chi connectivity index (χ3v) is 8.61. The van der Waals surface area contributed by atoms with Gasteiger partial charge in [-0.1, -0.05) is 93.4 Å². The number of thiophene rings is 1. The third-order valence-electron chi connectivity index (χ3n) is 7.33. The number of aromatic nitrogens is 1. The lowest BCUT2D eigenvalue weighted by molar-refractivity contribution is -0.211.